The number of hydrogen-bond acceptors (Lipinski definition) is 4. The third-order valence-corrected chi connectivity index (χ3v) is 2.89. The van der Waals surface area contributed by atoms with Crippen LogP contribution in [0.15, 0.2) is 18.2 Å². The predicted octanol–water partition coefficient (Wildman–Crippen LogP) is 2.37. The summed E-state index contributed by atoms with van der Waals surface area (Å²) in [6.45, 7) is 5.07. The molecule has 0 saturated carbocycles. The highest BCUT2D eigenvalue weighted by Gasteiger charge is 2.19. The van der Waals surface area contributed by atoms with Gasteiger partial charge in [0.25, 0.3) is 0 Å². The van der Waals surface area contributed by atoms with Gasteiger partial charge in [0.15, 0.2) is 11.5 Å². The largest absolute Gasteiger partial charge is 0.486 e. The van der Waals surface area contributed by atoms with Crippen LogP contribution < -0.4 is 14.8 Å². The average molecular weight is 265 g/mol. The lowest BCUT2D eigenvalue weighted by Crippen LogP contribution is -2.30. The molecule has 0 spiro atoms. The van der Waals surface area contributed by atoms with Crippen molar-refractivity contribution >= 4 is 11.7 Å². The summed E-state index contributed by atoms with van der Waals surface area (Å²) in [5, 5.41) is 12.2. The Labute approximate surface area is 112 Å². The van der Waals surface area contributed by atoms with Crippen LogP contribution in [-0.2, 0) is 4.79 Å². The third kappa shape index (κ3) is 3.53. The van der Waals surface area contributed by atoms with E-state index in [9.17, 15) is 9.90 Å². The predicted molar refractivity (Wildman–Crippen MR) is 71.9 cm³/mol. The van der Waals surface area contributed by atoms with Crippen LogP contribution in [0.25, 0.3) is 0 Å². The van der Waals surface area contributed by atoms with Crippen LogP contribution in [0.3, 0.4) is 0 Å². The molecule has 1 unspecified atom stereocenters. The van der Waals surface area contributed by atoms with E-state index in [0.29, 0.717) is 37.1 Å². The molecule has 1 aromatic rings. The van der Waals surface area contributed by atoms with Gasteiger partial charge in [0.2, 0.25) is 0 Å². The lowest BCUT2D eigenvalue weighted by Gasteiger charge is -2.21. The van der Waals surface area contributed by atoms with Crippen molar-refractivity contribution in [1.82, 2.24) is 0 Å². The molecule has 0 aromatic heterocycles. The Morgan fingerprint density at radius 3 is 2.63 bits per heavy atom. The van der Waals surface area contributed by atoms with Gasteiger partial charge in [-0.25, -0.2) is 4.79 Å². The second-order valence-corrected chi connectivity index (χ2v) is 5.02. The average Bonchev–Trinajstić information content (AvgIpc) is 2.37. The zero-order valence-electron chi connectivity index (χ0n) is 11.2. The number of fused-ring (bicyclic) bond motifs is 1. The van der Waals surface area contributed by atoms with E-state index in [4.69, 9.17) is 9.47 Å². The number of rotatable bonds is 5. The lowest BCUT2D eigenvalue weighted by atomic mass is 10.0. The van der Waals surface area contributed by atoms with Crippen molar-refractivity contribution in [3.05, 3.63) is 18.2 Å². The summed E-state index contributed by atoms with van der Waals surface area (Å²) in [5.74, 6) is 0.826. The maximum Gasteiger partial charge on any atom is 0.326 e. The van der Waals surface area contributed by atoms with Crippen molar-refractivity contribution in [2.45, 2.75) is 26.3 Å². The molecule has 2 rings (SSSR count). The van der Waals surface area contributed by atoms with Gasteiger partial charge in [0.1, 0.15) is 19.3 Å². The van der Waals surface area contributed by atoms with Crippen molar-refractivity contribution in [2.24, 2.45) is 5.92 Å². The maximum absolute atomic E-state index is 11.2. The number of anilines is 1. The molecule has 1 aliphatic heterocycles. The second kappa shape index (κ2) is 5.82. The summed E-state index contributed by atoms with van der Waals surface area (Å²) in [6.07, 6.45) is 0.573. The summed E-state index contributed by atoms with van der Waals surface area (Å²) in [6, 6.07) is 4.79. The molecule has 1 atom stereocenters. The highest BCUT2D eigenvalue weighted by atomic mass is 16.6. The fourth-order valence-electron chi connectivity index (χ4n) is 2.03. The standard InChI is InChI=1S/C14H19NO4/c1-9(2)7-11(14(16)17)15-10-3-4-12-13(8-10)19-6-5-18-12/h3-4,8-9,11,15H,5-7H2,1-2H3,(H,16,17). The Hall–Kier alpha value is -1.91. The molecular weight excluding hydrogens is 246 g/mol. The minimum absolute atomic E-state index is 0.311. The first-order valence-corrected chi connectivity index (χ1v) is 6.45. The normalized spacial score (nSPS) is 15.1. The van der Waals surface area contributed by atoms with E-state index < -0.39 is 12.0 Å². The Bertz CT molecular complexity index is 459. The minimum Gasteiger partial charge on any atom is -0.486 e. The molecule has 1 heterocycles. The summed E-state index contributed by atoms with van der Waals surface area (Å²) >= 11 is 0. The Balaban J connectivity index is 2.10. The smallest absolute Gasteiger partial charge is 0.326 e. The summed E-state index contributed by atoms with van der Waals surface area (Å²) in [7, 11) is 0. The van der Waals surface area contributed by atoms with E-state index in [-0.39, 0.29) is 0 Å². The fraction of sp³-hybridized carbons (Fsp3) is 0.500. The molecule has 5 nitrogen and oxygen atoms in total. The van der Waals surface area contributed by atoms with Crippen molar-refractivity contribution in [3.8, 4) is 11.5 Å². The third-order valence-electron chi connectivity index (χ3n) is 2.89. The highest BCUT2D eigenvalue weighted by molar-refractivity contribution is 5.77. The van der Waals surface area contributed by atoms with Gasteiger partial charge in [0.05, 0.1) is 0 Å². The molecule has 104 valence electrons. The van der Waals surface area contributed by atoms with Crippen LogP contribution in [0, 0.1) is 5.92 Å². The van der Waals surface area contributed by atoms with Crippen molar-refractivity contribution < 1.29 is 19.4 Å². The first kappa shape index (κ1) is 13.5. The van der Waals surface area contributed by atoms with E-state index in [0.717, 1.165) is 5.69 Å². The van der Waals surface area contributed by atoms with E-state index in [1.165, 1.54) is 0 Å². The first-order valence-electron chi connectivity index (χ1n) is 6.45. The quantitative estimate of drug-likeness (QED) is 0.855. The zero-order valence-corrected chi connectivity index (χ0v) is 11.2. The molecule has 0 aliphatic carbocycles. The number of benzene rings is 1. The zero-order chi connectivity index (χ0) is 13.8. The van der Waals surface area contributed by atoms with Gasteiger partial charge in [0, 0.05) is 11.8 Å². The van der Waals surface area contributed by atoms with Crippen LogP contribution in [0.1, 0.15) is 20.3 Å². The van der Waals surface area contributed by atoms with Crippen LogP contribution in [-0.4, -0.2) is 30.3 Å². The molecule has 1 aromatic carbocycles. The monoisotopic (exact) mass is 265 g/mol. The molecule has 2 N–H and O–H groups in total. The second-order valence-electron chi connectivity index (χ2n) is 5.02. The number of carboxylic acids is 1. The van der Waals surface area contributed by atoms with Gasteiger partial charge >= 0.3 is 5.97 Å². The van der Waals surface area contributed by atoms with Crippen molar-refractivity contribution in [2.75, 3.05) is 18.5 Å². The SMILES string of the molecule is CC(C)CC(Nc1ccc2c(c1)OCCO2)C(=O)O. The summed E-state index contributed by atoms with van der Waals surface area (Å²) < 4.78 is 10.9. The molecule has 5 heteroatoms. The van der Waals surface area contributed by atoms with Crippen LogP contribution in [0.5, 0.6) is 11.5 Å². The topological polar surface area (TPSA) is 67.8 Å². The number of ether oxygens (including phenoxy) is 2. The molecule has 1 aliphatic rings. The summed E-state index contributed by atoms with van der Waals surface area (Å²) in [4.78, 5) is 11.2. The van der Waals surface area contributed by atoms with E-state index in [1.807, 2.05) is 19.9 Å². The molecule has 0 amide bonds. The number of carbonyl (C=O) groups is 1. The Morgan fingerprint density at radius 1 is 1.32 bits per heavy atom. The van der Waals surface area contributed by atoms with E-state index in [1.54, 1.807) is 12.1 Å². The van der Waals surface area contributed by atoms with Gasteiger partial charge in [-0.2, -0.15) is 0 Å². The number of nitrogens with one attached hydrogen (secondary N) is 1. The number of hydrogen-bond donors (Lipinski definition) is 2. The minimum atomic E-state index is -0.844. The van der Waals surface area contributed by atoms with Gasteiger partial charge < -0.3 is 19.9 Å². The molecule has 0 bridgehead atoms. The lowest BCUT2D eigenvalue weighted by molar-refractivity contribution is -0.138. The number of aliphatic carboxylic acids is 1. The van der Waals surface area contributed by atoms with Crippen molar-refractivity contribution in [3.63, 3.8) is 0 Å². The van der Waals surface area contributed by atoms with Crippen molar-refractivity contribution in [1.29, 1.82) is 0 Å². The Morgan fingerprint density at radius 2 is 2.00 bits per heavy atom. The van der Waals surface area contributed by atoms with Gasteiger partial charge in [-0.05, 0) is 24.5 Å². The van der Waals surface area contributed by atoms with Crippen LogP contribution in [0.4, 0.5) is 5.69 Å². The van der Waals surface area contributed by atoms with Crippen LogP contribution >= 0.6 is 0 Å². The van der Waals surface area contributed by atoms with Gasteiger partial charge in [-0.1, -0.05) is 13.8 Å². The molecule has 0 radical (unpaired) electrons. The number of carboxylic acid groups (broad SMARTS) is 1. The molecule has 0 saturated heterocycles. The van der Waals surface area contributed by atoms with Gasteiger partial charge in [-0.15, -0.1) is 0 Å². The van der Waals surface area contributed by atoms with Crippen LogP contribution in [0.2, 0.25) is 0 Å². The summed E-state index contributed by atoms with van der Waals surface area (Å²) in [5.41, 5.74) is 0.734. The maximum atomic E-state index is 11.2. The molecule has 19 heavy (non-hydrogen) atoms. The van der Waals surface area contributed by atoms with E-state index in [2.05, 4.69) is 5.32 Å². The fourth-order valence-corrected chi connectivity index (χ4v) is 2.03. The van der Waals surface area contributed by atoms with Gasteiger partial charge in [-0.3, -0.25) is 0 Å². The first-order chi connectivity index (χ1) is 9.06. The highest BCUT2D eigenvalue weighted by Crippen LogP contribution is 2.33. The Kier molecular flexibility index (Phi) is 4.14. The van der Waals surface area contributed by atoms with E-state index >= 15 is 0 Å². The molecule has 0 fully saturated rings. The molecular formula is C14H19NO4.